The second-order valence-electron chi connectivity index (χ2n) is 4.60. The van der Waals surface area contributed by atoms with Crippen LogP contribution in [0.15, 0.2) is 0 Å². The van der Waals surface area contributed by atoms with E-state index in [4.69, 9.17) is 16.7 Å². The third kappa shape index (κ3) is 3.13. The molecule has 6 nitrogen and oxygen atoms in total. The zero-order valence-electron chi connectivity index (χ0n) is 10.4. The average Bonchev–Trinajstić information content (AvgIpc) is 2.61. The number of hydrogen-bond donors (Lipinski definition) is 2. The molecule has 1 saturated heterocycles. The first-order chi connectivity index (χ1) is 8.38. The smallest absolute Gasteiger partial charge is 0.326 e. The zero-order valence-corrected chi connectivity index (χ0v) is 11.1. The van der Waals surface area contributed by atoms with Gasteiger partial charge in [-0.05, 0) is 12.3 Å². The average molecular weight is 277 g/mol. The topological polar surface area (TPSA) is 86.7 Å². The maximum atomic E-state index is 12.0. The Morgan fingerprint density at radius 3 is 2.61 bits per heavy atom. The van der Waals surface area contributed by atoms with Crippen molar-refractivity contribution in [2.45, 2.75) is 32.4 Å². The highest BCUT2D eigenvalue weighted by atomic mass is 35.5. The molecule has 2 N–H and O–H groups in total. The van der Waals surface area contributed by atoms with Gasteiger partial charge in [-0.15, -0.1) is 11.6 Å². The number of carbonyl (C=O) groups excluding carboxylic acids is 2. The summed E-state index contributed by atoms with van der Waals surface area (Å²) in [4.78, 5) is 35.6. The summed E-state index contributed by atoms with van der Waals surface area (Å²) in [5.41, 5.74) is 0. The Bertz CT molecular complexity index is 359. The van der Waals surface area contributed by atoms with Gasteiger partial charge in [0.25, 0.3) is 0 Å². The summed E-state index contributed by atoms with van der Waals surface area (Å²) in [5, 5.41) is 11.6. The normalized spacial score (nSPS) is 21.2. The Balaban J connectivity index is 2.74. The number of nitrogens with zero attached hydrogens (tertiary/aromatic N) is 1. The minimum atomic E-state index is -1.03. The fraction of sp³-hybridized carbons (Fsp3) is 0.727. The summed E-state index contributed by atoms with van der Waals surface area (Å²) in [5.74, 6) is -2.20. The molecule has 0 bridgehead atoms. The van der Waals surface area contributed by atoms with Crippen LogP contribution < -0.4 is 5.32 Å². The van der Waals surface area contributed by atoms with Crippen molar-refractivity contribution in [1.82, 2.24) is 10.2 Å². The number of carbonyl (C=O) groups is 3. The Morgan fingerprint density at radius 1 is 1.56 bits per heavy atom. The molecule has 2 atom stereocenters. The lowest BCUT2D eigenvalue weighted by atomic mass is 10.0. The molecule has 0 unspecified atom stereocenters. The van der Waals surface area contributed by atoms with Crippen LogP contribution in [0, 0.1) is 5.92 Å². The third-order valence-corrected chi connectivity index (χ3v) is 3.16. The van der Waals surface area contributed by atoms with Gasteiger partial charge in [0.15, 0.2) is 0 Å². The van der Waals surface area contributed by atoms with E-state index in [1.54, 1.807) is 13.8 Å². The molecule has 1 fully saturated rings. The summed E-state index contributed by atoms with van der Waals surface area (Å²) in [6.07, 6.45) is 0.415. The molecule has 2 amide bonds. The first-order valence-corrected chi connectivity index (χ1v) is 6.30. The van der Waals surface area contributed by atoms with Gasteiger partial charge in [-0.25, -0.2) is 4.79 Å². The maximum Gasteiger partial charge on any atom is 0.326 e. The maximum absolute atomic E-state index is 12.0. The number of hydrogen-bond acceptors (Lipinski definition) is 3. The van der Waals surface area contributed by atoms with Crippen LogP contribution in [-0.2, 0) is 14.4 Å². The lowest BCUT2D eigenvalue weighted by Gasteiger charge is -2.27. The number of rotatable bonds is 5. The predicted octanol–water partition coefficient (Wildman–Crippen LogP) is 0.0515. The number of halogens is 1. The lowest BCUT2D eigenvalue weighted by molar-refractivity contribution is -0.150. The van der Waals surface area contributed by atoms with E-state index in [9.17, 15) is 14.4 Å². The molecular weight excluding hydrogens is 260 g/mol. The summed E-state index contributed by atoms with van der Waals surface area (Å²) < 4.78 is 0. The minimum absolute atomic E-state index is 0.186. The predicted molar refractivity (Wildman–Crippen MR) is 65.2 cm³/mol. The van der Waals surface area contributed by atoms with Crippen molar-refractivity contribution in [1.29, 1.82) is 0 Å². The van der Waals surface area contributed by atoms with E-state index in [0.717, 1.165) is 0 Å². The van der Waals surface area contributed by atoms with Crippen LogP contribution in [0.5, 0.6) is 0 Å². The molecule has 18 heavy (non-hydrogen) atoms. The fourth-order valence-electron chi connectivity index (χ4n) is 2.12. The van der Waals surface area contributed by atoms with Crippen LogP contribution in [0.4, 0.5) is 0 Å². The second-order valence-corrected chi connectivity index (χ2v) is 4.87. The SMILES string of the molecule is CC(C)[C@@H](C(=O)O)N1CC[C@@H](NC(=O)CCl)C1=O. The number of aliphatic carboxylic acids is 1. The van der Waals surface area contributed by atoms with E-state index in [-0.39, 0.29) is 17.7 Å². The zero-order chi connectivity index (χ0) is 13.9. The fourth-order valence-corrected chi connectivity index (χ4v) is 2.20. The molecule has 7 heteroatoms. The van der Waals surface area contributed by atoms with Crippen LogP contribution in [0.3, 0.4) is 0 Å². The highest BCUT2D eigenvalue weighted by Crippen LogP contribution is 2.19. The number of amides is 2. The van der Waals surface area contributed by atoms with Crippen molar-refractivity contribution < 1.29 is 19.5 Å². The molecule has 102 valence electrons. The molecule has 0 aromatic heterocycles. The Hall–Kier alpha value is -1.30. The van der Waals surface area contributed by atoms with Crippen molar-refractivity contribution >= 4 is 29.4 Å². The number of likely N-dealkylation sites (tertiary alicyclic amines) is 1. The molecule has 0 aliphatic carbocycles. The van der Waals surface area contributed by atoms with Gasteiger partial charge in [-0.1, -0.05) is 13.8 Å². The highest BCUT2D eigenvalue weighted by Gasteiger charge is 2.40. The molecule has 0 saturated carbocycles. The number of alkyl halides is 1. The number of carboxylic acid groups (broad SMARTS) is 1. The van der Waals surface area contributed by atoms with Crippen molar-refractivity contribution in [2.24, 2.45) is 5.92 Å². The van der Waals surface area contributed by atoms with Gasteiger partial charge >= 0.3 is 5.97 Å². The van der Waals surface area contributed by atoms with Crippen molar-refractivity contribution in [3.05, 3.63) is 0 Å². The van der Waals surface area contributed by atoms with E-state index in [2.05, 4.69) is 5.32 Å². The summed E-state index contributed by atoms with van der Waals surface area (Å²) in [6, 6.07) is -1.51. The monoisotopic (exact) mass is 276 g/mol. The van der Waals surface area contributed by atoms with Crippen LogP contribution in [0.2, 0.25) is 0 Å². The Labute approximate surface area is 110 Å². The van der Waals surface area contributed by atoms with Crippen LogP contribution in [-0.4, -0.2) is 52.3 Å². The van der Waals surface area contributed by atoms with E-state index in [0.29, 0.717) is 13.0 Å². The third-order valence-electron chi connectivity index (χ3n) is 2.92. The van der Waals surface area contributed by atoms with E-state index < -0.39 is 24.0 Å². The van der Waals surface area contributed by atoms with E-state index >= 15 is 0 Å². The molecule has 0 spiro atoms. The van der Waals surface area contributed by atoms with E-state index in [1.165, 1.54) is 4.90 Å². The van der Waals surface area contributed by atoms with Gasteiger partial charge in [0.2, 0.25) is 11.8 Å². The Morgan fingerprint density at radius 2 is 2.17 bits per heavy atom. The summed E-state index contributed by atoms with van der Waals surface area (Å²) in [7, 11) is 0. The van der Waals surface area contributed by atoms with Gasteiger partial charge in [0.1, 0.15) is 18.0 Å². The number of carboxylic acids is 1. The summed E-state index contributed by atoms with van der Waals surface area (Å²) in [6.45, 7) is 3.83. The molecule has 0 aromatic rings. The van der Waals surface area contributed by atoms with Gasteiger partial charge in [-0.2, -0.15) is 0 Å². The second kappa shape index (κ2) is 6.04. The minimum Gasteiger partial charge on any atom is -0.480 e. The van der Waals surface area contributed by atoms with Crippen molar-refractivity contribution in [3.8, 4) is 0 Å². The molecule has 0 aromatic carbocycles. The van der Waals surface area contributed by atoms with Gasteiger partial charge in [0, 0.05) is 6.54 Å². The van der Waals surface area contributed by atoms with Crippen molar-refractivity contribution in [3.63, 3.8) is 0 Å². The van der Waals surface area contributed by atoms with Gasteiger partial charge in [0.05, 0.1) is 0 Å². The molecule has 1 aliphatic rings. The molecule has 1 rings (SSSR count). The largest absolute Gasteiger partial charge is 0.480 e. The van der Waals surface area contributed by atoms with Gasteiger partial charge < -0.3 is 15.3 Å². The molecule has 1 aliphatic heterocycles. The van der Waals surface area contributed by atoms with E-state index in [1.807, 2.05) is 0 Å². The summed E-state index contributed by atoms with van der Waals surface area (Å²) >= 11 is 5.35. The lowest BCUT2D eigenvalue weighted by Crippen LogP contribution is -2.49. The molecule has 0 radical (unpaired) electrons. The molecular formula is C11H17ClN2O4. The molecule has 1 heterocycles. The van der Waals surface area contributed by atoms with Crippen LogP contribution in [0.25, 0.3) is 0 Å². The number of nitrogens with one attached hydrogen (secondary N) is 1. The van der Waals surface area contributed by atoms with Crippen LogP contribution >= 0.6 is 11.6 Å². The van der Waals surface area contributed by atoms with Crippen molar-refractivity contribution in [2.75, 3.05) is 12.4 Å². The Kier molecular flexibility index (Phi) is 4.95. The quantitative estimate of drug-likeness (QED) is 0.695. The standard InChI is InChI=1S/C11H17ClN2O4/c1-6(2)9(11(17)18)14-4-3-7(10(14)16)13-8(15)5-12/h6-7,9H,3-5H2,1-2H3,(H,13,15)(H,17,18)/t7-,9+/m1/s1. The van der Waals surface area contributed by atoms with Gasteiger partial charge in [-0.3, -0.25) is 9.59 Å². The first kappa shape index (κ1) is 14.8. The first-order valence-electron chi connectivity index (χ1n) is 5.77. The highest BCUT2D eigenvalue weighted by molar-refractivity contribution is 6.27. The van der Waals surface area contributed by atoms with Crippen LogP contribution in [0.1, 0.15) is 20.3 Å².